The van der Waals surface area contributed by atoms with E-state index in [-0.39, 0.29) is 6.54 Å². The van der Waals surface area contributed by atoms with Gasteiger partial charge in [0.2, 0.25) is 0 Å². The number of guanidine groups is 1. The van der Waals surface area contributed by atoms with Crippen molar-refractivity contribution in [3.63, 3.8) is 0 Å². The number of nitrogens with zero attached hydrogens (tertiary/aromatic N) is 1. The minimum Gasteiger partial charge on any atom is -0.378 e. The van der Waals surface area contributed by atoms with Gasteiger partial charge in [-0.05, 0) is 37.0 Å². The highest BCUT2D eigenvalue weighted by Gasteiger charge is 2.30. The third-order valence-corrected chi connectivity index (χ3v) is 3.72. The molecule has 1 aromatic rings. The maximum absolute atomic E-state index is 12.7. The molecule has 1 atom stereocenters. The summed E-state index contributed by atoms with van der Waals surface area (Å²) < 4.78 is 43.6. The summed E-state index contributed by atoms with van der Waals surface area (Å²) in [6.07, 6.45) is -0.948. The van der Waals surface area contributed by atoms with Crippen LogP contribution in [0.4, 0.5) is 13.2 Å². The molecule has 0 aromatic heterocycles. The first-order valence-corrected chi connectivity index (χ1v) is 7.71. The van der Waals surface area contributed by atoms with Crippen LogP contribution < -0.4 is 10.6 Å². The topological polar surface area (TPSA) is 45.7 Å². The minimum absolute atomic E-state index is 0.281. The molecule has 0 bridgehead atoms. The fraction of sp³-hybridized carbons (Fsp3) is 0.562. The maximum Gasteiger partial charge on any atom is 0.416 e. The van der Waals surface area contributed by atoms with Crippen molar-refractivity contribution in [3.8, 4) is 0 Å². The molecule has 1 saturated heterocycles. The summed E-state index contributed by atoms with van der Waals surface area (Å²) in [7, 11) is 1.63. The molecule has 2 N–H and O–H groups in total. The fourth-order valence-corrected chi connectivity index (χ4v) is 2.49. The van der Waals surface area contributed by atoms with Crippen molar-refractivity contribution < 1.29 is 17.9 Å². The zero-order chi connectivity index (χ0) is 16.7. The lowest BCUT2D eigenvalue weighted by molar-refractivity contribution is -0.137. The van der Waals surface area contributed by atoms with Gasteiger partial charge in [-0.25, -0.2) is 0 Å². The van der Waals surface area contributed by atoms with Crippen molar-refractivity contribution in [1.82, 2.24) is 10.6 Å². The number of hydrogen-bond donors (Lipinski definition) is 2. The molecule has 4 nitrogen and oxygen atoms in total. The molecule has 1 unspecified atom stereocenters. The van der Waals surface area contributed by atoms with Crippen LogP contribution in [0.15, 0.2) is 29.3 Å². The van der Waals surface area contributed by atoms with Gasteiger partial charge in [-0.15, -0.1) is 0 Å². The largest absolute Gasteiger partial charge is 0.416 e. The van der Waals surface area contributed by atoms with Crippen molar-refractivity contribution in [2.45, 2.75) is 38.1 Å². The third kappa shape index (κ3) is 5.74. The summed E-state index contributed by atoms with van der Waals surface area (Å²) in [4.78, 5) is 4.07. The highest BCUT2D eigenvalue weighted by atomic mass is 19.4. The Kier molecular flexibility index (Phi) is 6.27. The second kappa shape index (κ2) is 8.19. The Labute approximate surface area is 134 Å². The van der Waals surface area contributed by atoms with Gasteiger partial charge in [0, 0.05) is 26.7 Å². The van der Waals surface area contributed by atoms with E-state index in [2.05, 4.69) is 15.6 Å². The first-order chi connectivity index (χ1) is 11.0. The van der Waals surface area contributed by atoms with Gasteiger partial charge < -0.3 is 15.4 Å². The highest BCUT2D eigenvalue weighted by molar-refractivity contribution is 5.79. The quantitative estimate of drug-likeness (QED) is 0.645. The molecule has 1 fully saturated rings. The number of aliphatic imine (C=N–C) groups is 1. The van der Waals surface area contributed by atoms with Gasteiger partial charge >= 0.3 is 6.18 Å². The average Bonchev–Trinajstić information content (AvgIpc) is 3.03. The monoisotopic (exact) mass is 329 g/mol. The molecule has 1 heterocycles. The summed E-state index contributed by atoms with van der Waals surface area (Å²) in [5.41, 5.74) is -0.0833. The Morgan fingerprint density at radius 1 is 1.35 bits per heavy atom. The molecule has 0 radical (unpaired) electrons. The van der Waals surface area contributed by atoms with Crippen molar-refractivity contribution in [3.05, 3.63) is 35.4 Å². The lowest BCUT2D eigenvalue weighted by Crippen LogP contribution is -2.38. The number of halogens is 3. The Bertz CT molecular complexity index is 526. The number of rotatable bonds is 5. The molecular formula is C16H22F3N3O. The molecule has 7 heteroatoms. The Morgan fingerprint density at radius 2 is 2.17 bits per heavy atom. The van der Waals surface area contributed by atoms with Crippen LogP contribution in [0.1, 0.15) is 30.4 Å². The van der Waals surface area contributed by atoms with E-state index in [1.807, 2.05) is 0 Å². The number of nitrogens with one attached hydrogen (secondary N) is 2. The Morgan fingerprint density at radius 3 is 2.83 bits per heavy atom. The van der Waals surface area contributed by atoms with Crippen molar-refractivity contribution in [1.29, 1.82) is 0 Å². The van der Waals surface area contributed by atoms with E-state index < -0.39 is 11.7 Å². The van der Waals surface area contributed by atoms with Crippen molar-refractivity contribution in [2.24, 2.45) is 4.99 Å². The summed E-state index contributed by atoms with van der Waals surface area (Å²) in [5, 5.41) is 6.17. The molecule has 1 aromatic carbocycles. The number of hydrogen-bond acceptors (Lipinski definition) is 2. The summed E-state index contributed by atoms with van der Waals surface area (Å²) >= 11 is 0. The van der Waals surface area contributed by atoms with Gasteiger partial charge in [0.1, 0.15) is 0 Å². The van der Waals surface area contributed by atoms with E-state index in [9.17, 15) is 13.2 Å². The smallest absolute Gasteiger partial charge is 0.378 e. The van der Waals surface area contributed by atoms with E-state index >= 15 is 0 Å². The molecule has 0 spiro atoms. The van der Waals surface area contributed by atoms with Crippen LogP contribution in [-0.4, -0.2) is 32.3 Å². The lowest BCUT2D eigenvalue weighted by Gasteiger charge is -2.14. The lowest BCUT2D eigenvalue weighted by atomic mass is 10.1. The highest BCUT2D eigenvalue weighted by Crippen LogP contribution is 2.29. The van der Waals surface area contributed by atoms with Crippen LogP contribution in [-0.2, 0) is 17.5 Å². The predicted molar refractivity (Wildman–Crippen MR) is 83.2 cm³/mol. The zero-order valence-electron chi connectivity index (χ0n) is 13.1. The predicted octanol–water partition coefficient (Wildman–Crippen LogP) is 2.94. The van der Waals surface area contributed by atoms with E-state index in [1.54, 1.807) is 13.1 Å². The van der Waals surface area contributed by atoms with E-state index in [0.29, 0.717) is 24.2 Å². The molecule has 23 heavy (non-hydrogen) atoms. The SMILES string of the molecule is CN=C(NCCC1CCCO1)NCc1cccc(C(F)(F)F)c1. The Hall–Kier alpha value is -1.76. The molecule has 2 rings (SSSR count). The summed E-state index contributed by atoms with van der Waals surface area (Å²) in [5.74, 6) is 0.570. The molecule has 0 aliphatic carbocycles. The van der Waals surface area contributed by atoms with Gasteiger partial charge in [0.25, 0.3) is 0 Å². The minimum atomic E-state index is -4.32. The van der Waals surface area contributed by atoms with E-state index in [1.165, 1.54) is 6.07 Å². The van der Waals surface area contributed by atoms with Crippen LogP contribution >= 0.6 is 0 Å². The second-order valence-electron chi connectivity index (χ2n) is 5.47. The zero-order valence-corrected chi connectivity index (χ0v) is 13.1. The second-order valence-corrected chi connectivity index (χ2v) is 5.47. The van der Waals surface area contributed by atoms with Gasteiger partial charge in [-0.3, -0.25) is 4.99 Å². The van der Waals surface area contributed by atoms with Crippen LogP contribution in [0.25, 0.3) is 0 Å². The van der Waals surface area contributed by atoms with Gasteiger partial charge in [-0.1, -0.05) is 12.1 Å². The number of alkyl halides is 3. The number of ether oxygens (including phenoxy) is 1. The normalized spacial score (nSPS) is 19.0. The standard InChI is InChI=1S/C16H22F3N3O/c1-20-15(21-8-7-14-6-3-9-23-14)22-11-12-4-2-5-13(10-12)16(17,18)19/h2,4-5,10,14H,3,6-9,11H2,1H3,(H2,20,21,22). The first-order valence-electron chi connectivity index (χ1n) is 7.71. The maximum atomic E-state index is 12.7. The number of benzene rings is 1. The third-order valence-electron chi connectivity index (χ3n) is 3.72. The van der Waals surface area contributed by atoms with Crippen molar-refractivity contribution in [2.75, 3.05) is 20.2 Å². The Balaban J connectivity index is 1.78. The molecule has 1 aliphatic heterocycles. The first kappa shape index (κ1) is 17.6. The van der Waals surface area contributed by atoms with Gasteiger partial charge in [0.05, 0.1) is 11.7 Å². The molecule has 128 valence electrons. The molecule has 0 amide bonds. The van der Waals surface area contributed by atoms with Crippen LogP contribution in [0, 0.1) is 0 Å². The van der Waals surface area contributed by atoms with Crippen LogP contribution in [0.5, 0.6) is 0 Å². The van der Waals surface area contributed by atoms with Crippen LogP contribution in [0.2, 0.25) is 0 Å². The van der Waals surface area contributed by atoms with Crippen molar-refractivity contribution >= 4 is 5.96 Å². The van der Waals surface area contributed by atoms with E-state index in [4.69, 9.17) is 4.74 Å². The van der Waals surface area contributed by atoms with Gasteiger partial charge in [-0.2, -0.15) is 13.2 Å². The fourth-order valence-electron chi connectivity index (χ4n) is 2.49. The van der Waals surface area contributed by atoms with E-state index in [0.717, 1.165) is 38.0 Å². The molecule has 1 aliphatic rings. The van der Waals surface area contributed by atoms with Crippen LogP contribution in [0.3, 0.4) is 0 Å². The summed E-state index contributed by atoms with van der Waals surface area (Å²) in [6.45, 7) is 1.82. The molecule has 0 saturated carbocycles. The molecular weight excluding hydrogens is 307 g/mol. The summed E-state index contributed by atoms with van der Waals surface area (Å²) in [6, 6.07) is 5.28. The average molecular weight is 329 g/mol. The van der Waals surface area contributed by atoms with Gasteiger partial charge in [0.15, 0.2) is 5.96 Å².